The molecular formula is C8H10ClN3OS. The molecule has 1 aromatic heterocycles. The lowest BCUT2D eigenvalue weighted by molar-refractivity contribution is -0.126. The van der Waals surface area contributed by atoms with Crippen molar-refractivity contribution in [2.75, 3.05) is 18.9 Å². The number of nitrogens with zero attached hydrogens (tertiary/aromatic N) is 2. The lowest BCUT2D eigenvalue weighted by Gasteiger charge is -2.10. The van der Waals surface area contributed by atoms with Gasteiger partial charge in [-0.3, -0.25) is 4.79 Å². The van der Waals surface area contributed by atoms with E-state index in [0.29, 0.717) is 11.6 Å². The van der Waals surface area contributed by atoms with Crippen LogP contribution in [0.15, 0.2) is 5.38 Å². The van der Waals surface area contributed by atoms with Crippen LogP contribution in [0, 0.1) is 0 Å². The number of likely N-dealkylation sites (tertiary alicyclic amines) is 1. The Bertz CT molecular complexity index is 354. The molecule has 1 fully saturated rings. The van der Waals surface area contributed by atoms with Crippen molar-refractivity contribution in [2.24, 2.45) is 0 Å². The SMILES string of the molecule is CN1CC(Nc2nc(Cl)cs2)CC1=O. The first-order valence-corrected chi connectivity index (χ1v) is 5.52. The third kappa shape index (κ3) is 1.99. The van der Waals surface area contributed by atoms with Gasteiger partial charge in [-0.05, 0) is 0 Å². The van der Waals surface area contributed by atoms with Crippen LogP contribution in [0.3, 0.4) is 0 Å². The monoisotopic (exact) mass is 231 g/mol. The molecule has 0 saturated carbocycles. The number of hydrogen-bond donors (Lipinski definition) is 1. The van der Waals surface area contributed by atoms with Crippen molar-refractivity contribution in [1.82, 2.24) is 9.88 Å². The Kier molecular flexibility index (Phi) is 2.60. The molecule has 1 aliphatic heterocycles. The molecule has 4 nitrogen and oxygen atoms in total. The molecule has 1 unspecified atom stereocenters. The topological polar surface area (TPSA) is 45.2 Å². The molecule has 1 saturated heterocycles. The van der Waals surface area contributed by atoms with E-state index < -0.39 is 0 Å². The van der Waals surface area contributed by atoms with E-state index in [0.717, 1.165) is 11.7 Å². The number of halogens is 1. The van der Waals surface area contributed by atoms with Crippen LogP contribution in [-0.4, -0.2) is 35.4 Å². The summed E-state index contributed by atoms with van der Waals surface area (Å²) in [5.41, 5.74) is 0. The average molecular weight is 232 g/mol. The molecule has 1 N–H and O–H groups in total. The molecule has 2 heterocycles. The minimum atomic E-state index is 0.162. The maximum atomic E-state index is 11.2. The van der Waals surface area contributed by atoms with Crippen molar-refractivity contribution >= 4 is 34.0 Å². The number of anilines is 1. The molecule has 2 rings (SSSR count). The molecule has 6 heteroatoms. The highest BCUT2D eigenvalue weighted by Crippen LogP contribution is 2.21. The molecule has 1 amide bonds. The Labute approximate surface area is 90.9 Å². The van der Waals surface area contributed by atoms with Crippen molar-refractivity contribution in [2.45, 2.75) is 12.5 Å². The number of carbonyl (C=O) groups excluding carboxylic acids is 1. The van der Waals surface area contributed by atoms with E-state index >= 15 is 0 Å². The van der Waals surface area contributed by atoms with Gasteiger partial charge in [0.05, 0.1) is 6.04 Å². The smallest absolute Gasteiger partial charge is 0.224 e. The van der Waals surface area contributed by atoms with Crippen LogP contribution in [0.1, 0.15) is 6.42 Å². The summed E-state index contributed by atoms with van der Waals surface area (Å²) in [7, 11) is 1.80. The minimum absolute atomic E-state index is 0.162. The number of amides is 1. The Morgan fingerprint density at radius 1 is 1.79 bits per heavy atom. The standard InChI is InChI=1S/C8H10ClN3OS/c1-12-3-5(2-7(12)13)10-8-11-6(9)4-14-8/h4-5H,2-3H2,1H3,(H,10,11). The minimum Gasteiger partial charge on any atom is -0.356 e. The second kappa shape index (κ2) is 3.74. The van der Waals surface area contributed by atoms with Crippen LogP contribution < -0.4 is 5.32 Å². The van der Waals surface area contributed by atoms with Gasteiger partial charge < -0.3 is 10.2 Å². The lowest BCUT2D eigenvalue weighted by atomic mass is 10.3. The highest BCUT2D eigenvalue weighted by Gasteiger charge is 2.26. The Morgan fingerprint density at radius 3 is 3.07 bits per heavy atom. The van der Waals surface area contributed by atoms with Crippen LogP contribution >= 0.6 is 22.9 Å². The quantitative estimate of drug-likeness (QED) is 0.838. The molecule has 0 aliphatic carbocycles. The number of thiazole rings is 1. The van der Waals surface area contributed by atoms with E-state index in [1.165, 1.54) is 11.3 Å². The molecule has 1 aliphatic rings. The molecular weight excluding hydrogens is 222 g/mol. The Hall–Kier alpha value is -0.810. The molecule has 0 radical (unpaired) electrons. The van der Waals surface area contributed by atoms with Crippen molar-refractivity contribution < 1.29 is 4.79 Å². The zero-order chi connectivity index (χ0) is 10.1. The van der Waals surface area contributed by atoms with Gasteiger partial charge in [0.25, 0.3) is 0 Å². The van der Waals surface area contributed by atoms with E-state index in [2.05, 4.69) is 10.3 Å². The van der Waals surface area contributed by atoms with Gasteiger partial charge in [0, 0.05) is 25.4 Å². The summed E-state index contributed by atoms with van der Waals surface area (Å²) in [6, 6.07) is 0.162. The first kappa shape index (κ1) is 9.73. The molecule has 0 aromatic carbocycles. The van der Waals surface area contributed by atoms with Gasteiger partial charge in [-0.25, -0.2) is 4.98 Å². The van der Waals surface area contributed by atoms with Gasteiger partial charge in [0.2, 0.25) is 5.91 Å². The predicted molar refractivity (Wildman–Crippen MR) is 56.8 cm³/mol. The Balaban J connectivity index is 1.96. The summed E-state index contributed by atoms with van der Waals surface area (Å²) in [5.74, 6) is 0.171. The van der Waals surface area contributed by atoms with E-state index in [1.807, 2.05) is 0 Å². The third-order valence-electron chi connectivity index (χ3n) is 2.14. The van der Waals surface area contributed by atoms with Crippen LogP contribution in [0.4, 0.5) is 5.13 Å². The maximum Gasteiger partial charge on any atom is 0.224 e. The molecule has 14 heavy (non-hydrogen) atoms. The van der Waals surface area contributed by atoms with Crippen molar-refractivity contribution in [3.8, 4) is 0 Å². The van der Waals surface area contributed by atoms with Gasteiger partial charge >= 0.3 is 0 Å². The summed E-state index contributed by atoms with van der Waals surface area (Å²) >= 11 is 7.14. The lowest BCUT2D eigenvalue weighted by Crippen LogP contribution is -2.24. The fourth-order valence-electron chi connectivity index (χ4n) is 1.46. The Morgan fingerprint density at radius 2 is 2.57 bits per heavy atom. The average Bonchev–Trinajstić information content (AvgIpc) is 2.62. The predicted octanol–water partition coefficient (Wildman–Crippen LogP) is 1.44. The van der Waals surface area contributed by atoms with E-state index in [9.17, 15) is 4.79 Å². The molecule has 1 aromatic rings. The number of hydrogen-bond acceptors (Lipinski definition) is 4. The normalized spacial score (nSPS) is 21.7. The fourth-order valence-corrected chi connectivity index (χ4v) is 2.37. The second-order valence-corrected chi connectivity index (χ2v) is 4.54. The summed E-state index contributed by atoms with van der Waals surface area (Å²) in [5, 5.41) is 6.23. The van der Waals surface area contributed by atoms with Crippen molar-refractivity contribution in [3.05, 3.63) is 10.5 Å². The first-order valence-electron chi connectivity index (χ1n) is 4.26. The summed E-state index contributed by atoms with van der Waals surface area (Å²) in [6.45, 7) is 0.732. The molecule has 76 valence electrons. The molecule has 1 atom stereocenters. The van der Waals surface area contributed by atoms with E-state index in [-0.39, 0.29) is 11.9 Å². The van der Waals surface area contributed by atoms with Crippen LogP contribution in [0.5, 0.6) is 0 Å². The second-order valence-electron chi connectivity index (χ2n) is 3.30. The van der Waals surface area contributed by atoms with Crippen LogP contribution in [0.2, 0.25) is 5.15 Å². The van der Waals surface area contributed by atoms with E-state index in [4.69, 9.17) is 11.6 Å². The van der Waals surface area contributed by atoms with Crippen molar-refractivity contribution in [3.63, 3.8) is 0 Å². The van der Waals surface area contributed by atoms with Gasteiger partial charge in [0.15, 0.2) is 5.13 Å². The van der Waals surface area contributed by atoms with Gasteiger partial charge in [-0.2, -0.15) is 0 Å². The fraction of sp³-hybridized carbons (Fsp3) is 0.500. The van der Waals surface area contributed by atoms with Crippen LogP contribution in [-0.2, 0) is 4.79 Å². The number of rotatable bonds is 2. The highest BCUT2D eigenvalue weighted by molar-refractivity contribution is 7.14. The largest absolute Gasteiger partial charge is 0.356 e. The highest BCUT2D eigenvalue weighted by atomic mass is 35.5. The number of likely N-dealkylation sites (N-methyl/N-ethyl adjacent to an activating group) is 1. The molecule has 0 bridgehead atoms. The zero-order valence-corrected chi connectivity index (χ0v) is 9.23. The number of carbonyl (C=O) groups is 1. The summed E-state index contributed by atoms with van der Waals surface area (Å²) < 4.78 is 0. The summed E-state index contributed by atoms with van der Waals surface area (Å²) in [4.78, 5) is 17.0. The third-order valence-corrected chi connectivity index (χ3v) is 3.24. The van der Waals surface area contributed by atoms with E-state index in [1.54, 1.807) is 17.3 Å². The van der Waals surface area contributed by atoms with Gasteiger partial charge in [-0.1, -0.05) is 11.6 Å². The summed E-state index contributed by atoms with van der Waals surface area (Å²) in [6.07, 6.45) is 0.535. The van der Waals surface area contributed by atoms with Crippen molar-refractivity contribution in [1.29, 1.82) is 0 Å². The maximum absolute atomic E-state index is 11.2. The van der Waals surface area contributed by atoms with Crippen LogP contribution in [0.25, 0.3) is 0 Å². The van der Waals surface area contributed by atoms with Gasteiger partial charge in [0.1, 0.15) is 5.15 Å². The van der Waals surface area contributed by atoms with Gasteiger partial charge in [-0.15, -0.1) is 11.3 Å². The number of nitrogens with one attached hydrogen (secondary N) is 1. The zero-order valence-electron chi connectivity index (χ0n) is 7.66. The molecule has 0 spiro atoms. The first-order chi connectivity index (χ1) is 6.65. The number of aromatic nitrogens is 1.